The molecule has 2 amide bonds. The summed E-state index contributed by atoms with van der Waals surface area (Å²) in [6, 6.07) is -0.664. The van der Waals surface area contributed by atoms with Crippen molar-refractivity contribution in [2.24, 2.45) is 5.92 Å². The van der Waals surface area contributed by atoms with Gasteiger partial charge in [0.15, 0.2) is 0 Å². The summed E-state index contributed by atoms with van der Waals surface area (Å²) in [5.74, 6) is 0.201. The molecule has 1 N–H and O–H groups in total. The minimum absolute atomic E-state index is 0.0356. The second-order valence-corrected chi connectivity index (χ2v) is 6.23. The predicted molar refractivity (Wildman–Crippen MR) is 80.3 cm³/mol. The van der Waals surface area contributed by atoms with E-state index < -0.39 is 0 Å². The van der Waals surface area contributed by atoms with Gasteiger partial charge in [0.1, 0.15) is 12.1 Å². The van der Waals surface area contributed by atoms with Gasteiger partial charge in [0, 0.05) is 6.04 Å². The molecule has 0 radical (unpaired) electrons. The molecule has 20 heavy (non-hydrogen) atoms. The van der Waals surface area contributed by atoms with Crippen molar-refractivity contribution in [1.29, 1.82) is 0 Å². The Labute approximate surface area is 122 Å². The van der Waals surface area contributed by atoms with E-state index >= 15 is 0 Å². The van der Waals surface area contributed by atoms with Crippen LogP contribution < -0.4 is 5.32 Å². The van der Waals surface area contributed by atoms with Crippen LogP contribution in [0.3, 0.4) is 0 Å². The van der Waals surface area contributed by atoms with Crippen molar-refractivity contribution in [2.45, 2.75) is 58.7 Å². The van der Waals surface area contributed by atoms with Crippen molar-refractivity contribution in [3.8, 4) is 0 Å². The minimum Gasteiger partial charge on any atom is -0.342 e. The van der Waals surface area contributed by atoms with Crippen LogP contribution in [0.1, 0.15) is 40.5 Å². The normalized spacial score (nSPS) is 26.6. The molecule has 0 aromatic rings. The summed E-state index contributed by atoms with van der Waals surface area (Å²) in [5.41, 5.74) is 0. The van der Waals surface area contributed by atoms with Crippen molar-refractivity contribution in [3.63, 3.8) is 0 Å². The van der Waals surface area contributed by atoms with Crippen LogP contribution in [-0.4, -0.2) is 60.4 Å². The van der Waals surface area contributed by atoms with Gasteiger partial charge in [0.05, 0.1) is 0 Å². The first-order valence-corrected chi connectivity index (χ1v) is 7.56. The molecule has 1 aliphatic heterocycles. The van der Waals surface area contributed by atoms with E-state index in [1.165, 1.54) is 0 Å². The monoisotopic (exact) mass is 283 g/mol. The number of carbonyl (C=O) groups is 2. The van der Waals surface area contributed by atoms with E-state index in [4.69, 9.17) is 0 Å². The average Bonchev–Trinajstić information content (AvgIpc) is 2.39. The van der Waals surface area contributed by atoms with Gasteiger partial charge in [-0.15, -0.1) is 0 Å². The highest BCUT2D eigenvalue weighted by atomic mass is 16.2. The van der Waals surface area contributed by atoms with E-state index in [0.29, 0.717) is 0 Å². The first kappa shape index (κ1) is 17.0. The lowest BCUT2D eigenvalue weighted by Gasteiger charge is -2.42. The number of rotatable bonds is 6. The lowest BCUT2D eigenvalue weighted by Crippen LogP contribution is -2.66. The van der Waals surface area contributed by atoms with Gasteiger partial charge in [-0.3, -0.25) is 9.59 Å². The van der Waals surface area contributed by atoms with Crippen LogP contribution in [-0.2, 0) is 9.59 Å². The van der Waals surface area contributed by atoms with E-state index in [0.717, 1.165) is 19.4 Å². The molecular weight excluding hydrogens is 254 g/mol. The van der Waals surface area contributed by atoms with Crippen molar-refractivity contribution in [2.75, 3.05) is 20.6 Å². The van der Waals surface area contributed by atoms with Gasteiger partial charge in [-0.25, -0.2) is 0 Å². The molecule has 0 spiro atoms. The largest absolute Gasteiger partial charge is 0.342 e. The summed E-state index contributed by atoms with van der Waals surface area (Å²) in [6.07, 6.45) is 1.76. The summed E-state index contributed by atoms with van der Waals surface area (Å²) in [6.45, 7) is 8.81. The quantitative estimate of drug-likeness (QED) is 0.794. The molecule has 0 aromatic heterocycles. The van der Waals surface area contributed by atoms with E-state index in [2.05, 4.69) is 10.2 Å². The number of nitrogens with one attached hydrogen (secondary N) is 1. The Balaban J connectivity index is 2.84. The van der Waals surface area contributed by atoms with Crippen molar-refractivity contribution in [3.05, 3.63) is 0 Å². The van der Waals surface area contributed by atoms with Gasteiger partial charge in [-0.05, 0) is 46.8 Å². The Morgan fingerprint density at radius 3 is 2.40 bits per heavy atom. The van der Waals surface area contributed by atoms with Crippen molar-refractivity contribution >= 4 is 11.8 Å². The van der Waals surface area contributed by atoms with Crippen LogP contribution in [0.4, 0.5) is 0 Å². The van der Waals surface area contributed by atoms with Gasteiger partial charge in [0.2, 0.25) is 11.8 Å². The standard InChI is InChI=1S/C15H29N3O2/c1-7-10(2)13-15(20)18(12(4)14(19)16-13)11(3)8-9-17(5)6/h10-13H,7-9H2,1-6H3,(H,16,19). The van der Waals surface area contributed by atoms with Crippen molar-refractivity contribution < 1.29 is 9.59 Å². The average molecular weight is 283 g/mol. The fourth-order valence-corrected chi connectivity index (χ4v) is 2.62. The first-order valence-electron chi connectivity index (χ1n) is 7.56. The molecule has 116 valence electrons. The smallest absolute Gasteiger partial charge is 0.246 e. The molecule has 1 heterocycles. The van der Waals surface area contributed by atoms with Crippen LogP contribution >= 0.6 is 0 Å². The molecule has 1 fully saturated rings. The van der Waals surface area contributed by atoms with E-state index in [9.17, 15) is 9.59 Å². The Bertz CT molecular complexity index is 357. The van der Waals surface area contributed by atoms with Gasteiger partial charge in [0.25, 0.3) is 0 Å². The molecule has 0 aromatic carbocycles. The Morgan fingerprint density at radius 1 is 1.30 bits per heavy atom. The molecule has 1 rings (SSSR count). The van der Waals surface area contributed by atoms with E-state index in [-0.39, 0.29) is 35.9 Å². The van der Waals surface area contributed by atoms with Gasteiger partial charge >= 0.3 is 0 Å². The predicted octanol–water partition coefficient (Wildman–Crippen LogP) is 1.09. The SMILES string of the molecule is CCC(C)C1NC(=O)C(C)N(C(C)CCN(C)C)C1=O. The van der Waals surface area contributed by atoms with Gasteiger partial charge in [-0.1, -0.05) is 20.3 Å². The van der Waals surface area contributed by atoms with Crippen molar-refractivity contribution in [1.82, 2.24) is 15.1 Å². The maximum Gasteiger partial charge on any atom is 0.246 e. The molecule has 0 aliphatic carbocycles. The van der Waals surface area contributed by atoms with Crippen LogP contribution in [0.5, 0.6) is 0 Å². The third-order valence-electron chi connectivity index (χ3n) is 4.30. The summed E-state index contributed by atoms with van der Waals surface area (Å²) in [7, 11) is 4.03. The summed E-state index contributed by atoms with van der Waals surface area (Å²) < 4.78 is 0. The second kappa shape index (κ2) is 7.07. The molecule has 0 saturated carbocycles. The Morgan fingerprint density at radius 2 is 1.90 bits per heavy atom. The van der Waals surface area contributed by atoms with E-state index in [1.807, 2.05) is 41.8 Å². The van der Waals surface area contributed by atoms with Gasteiger partial charge in [-0.2, -0.15) is 0 Å². The number of amides is 2. The topological polar surface area (TPSA) is 52.7 Å². The molecule has 0 bridgehead atoms. The van der Waals surface area contributed by atoms with Crippen LogP contribution in [0.25, 0.3) is 0 Å². The lowest BCUT2D eigenvalue weighted by atomic mass is 9.93. The zero-order chi connectivity index (χ0) is 15.4. The Kier molecular flexibility index (Phi) is 5.99. The van der Waals surface area contributed by atoms with Crippen LogP contribution in [0.2, 0.25) is 0 Å². The van der Waals surface area contributed by atoms with Crippen LogP contribution in [0.15, 0.2) is 0 Å². The minimum atomic E-state index is -0.375. The molecule has 5 nitrogen and oxygen atoms in total. The molecular formula is C15H29N3O2. The maximum absolute atomic E-state index is 12.7. The van der Waals surface area contributed by atoms with Gasteiger partial charge < -0.3 is 15.1 Å². The highest BCUT2D eigenvalue weighted by molar-refractivity contribution is 5.97. The third-order valence-corrected chi connectivity index (χ3v) is 4.30. The highest BCUT2D eigenvalue weighted by Crippen LogP contribution is 2.21. The number of hydrogen-bond acceptors (Lipinski definition) is 3. The fourth-order valence-electron chi connectivity index (χ4n) is 2.62. The first-order chi connectivity index (χ1) is 9.29. The molecule has 1 saturated heterocycles. The zero-order valence-electron chi connectivity index (χ0n) is 13.6. The number of nitrogens with zero attached hydrogens (tertiary/aromatic N) is 2. The fraction of sp³-hybridized carbons (Fsp3) is 0.867. The third kappa shape index (κ3) is 3.72. The second-order valence-electron chi connectivity index (χ2n) is 6.23. The number of carbonyl (C=O) groups excluding carboxylic acids is 2. The molecule has 5 heteroatoms. The summed E-state index contributed by atoms with van der Waals surface area (Å²) >= 11 is 0. The molecule has 4 atom stereocenters. The number of hydrogen-bond donors (Lipinski definition) is 1. The molecule has 4 unspecified atom stereocenters. The Hall–Kier alpha value is -1.10. The van der Waals surface area contributed by atoms with Crippen LogP contribution in [0, 0.1) is 5.92 Å². The summed E-state index contributed by atoms with van der Waals surface area (Å²) in [5, 5.41) is 2.88. The highest BCUT2D eigenvalue weighted by Gasteiger charge is 2.41. The lowest BCUT2D eigenvalue weighted by molar-refractivity contribution is -0.152. The summed E-state index contributed by atoms with van der Waals surface area (Å²) in [4.78, 5) is 28.6. The molecule has 1 aliphatic rings. The number of piperazine rings is 1. The zero-order valence-corrected chi connectivity index (χ0v) is 13.6. The maximum atomic E-state index is 12.7. The van der Waals surface area contributed by atoms with E-state index in [1.54, 1.807) is 4.90 Å².